The van der Waals surface area contributed by atoms with E-state index in [9.17, 15) is 9.59 Å². The van der Waals surface area contributed by atoms with Gasteiger partial charge in [-0.25, -0.2) is 4.98 Å². The van der Waals surface area contributed by atoms with Gasteiger partial charge in [0.15, 0.2) is 17.3 Å². The number of nitrogens with zero attached hydrogens (tertiary/aromatic N) is 1. The molecule has 0 bridgehead atoms. The van der Waals surface area contributed by atoms with Gasteiger partial charge in [0.2, 0.25) is 0 Å². The summed E-state index contributed by atoms with van der Waals surface area (Å²) in [4.78, 5) is 28.9. The van der Waals surface area contributed by atoms with E-state index < -0.39 is 5.97 Å². The Labute approximate surface area is 190 Å². The van der Waals surface area contributed by atoms with E-state index in [1.165, 1.54) is 11.3 Å². The zero-order valence-corrected chi connectivity index (χ0v) is 19.1. The summed E-state index contributed by atoms with van der Waals surface area (Å²) in [5.41, 5.74) is 2.07. The van der Waals surface area contributed by atoms with Crippen molar-refractivity contribution in [2.24, 2.45) is 0 Å². The number of aromatic nitrogens is 1. The Morgan fingerprint density at radius 3 is 2.41 bits per heavy atom. The van der Waals surface area contributed by atoms with Crippen LogP contribution in [0.15, 0.2) is 47.8 Å². The van der Waals surface area contributed by atoms with E-state index in [1.54, 1.807) is 38.5 Å². The molecular weight excluding hydrogens is 430 g/mol. The molecule has 32 heavy (non-hydrogen) atoms. The largest absolute Gasteiger partial charge is 0.494 e. The van der Waals surface area contributed by atoms with Crippen molar-refractivity contribution in [3.05, 3.63) is 59.1 Å². The van der Waals surface area contributed by atoms with Gasteiger partial charge in [-0.3, -0.25) is 9.59 Å². The van der Waals surface area contributed by atoms with Crippen molar-refractivity contribution in [3.8, 4) is 27.8 Å². The van der Waals surface area contributed by atoms with Crippen LogP contribution in [-0.4, -0.2) is 37.6 Å². The molecule has 3 rings (SSSR count). The summed E-state index contributed by atoms with van der Waals surface area (Å²) in [6.45, 7) is 2.51. The van der Waals surface area contributed by atoms with Crippen molar-refractivity contribution in [2.75, 3.05) is 20.8 Å². The molecule has 1 heterocycles. The van der Waals surface area contributed by atoms with E-state index in [0.717, 1.165) is 10.6 Å². The summed E-state index contributed by atoms with van der Waals surface area (Å²) in [5.74, 6) is 1.41. The molecule has 1 aromatic heterocycles. The number of thiazole rings is 1. The van der Waals surface area contributed by atoms with E-state index in [2.05, 4.69) is 4.98 Å². The van der Waals surface area contributed by atoms with Crippen molar-refractivity contribution >= 4 is 23.1 Å². The number of hydrogen-bond donors (Lipinski definition) is 0. The molecule has 7 nitrogen and oxygen atoms in total. The number of ketones is 1. The molecule has 0 N–H and O–H groups in total. The molecule has 0 fully saturated rings. The molecule has 0 aliphatic rings. The van der Waals surface area contributed by atoms with E-state index >= 15 is 0 Å². The standard InChI is InChI=1S/C24H25NO6S/c1-4-30-19-8-5-16(6-9-19)20(26)10-12-23(27)31-14-18-15-32-24(25-18)17-7-11-21(28-2)22(13-17)29-3/h5-9,11,13,15H,4,10,12,14H2,1-3H3. The number of carbonyl (C=O) groups excluding carboxylic acids is 2. The quantitative estimate of drug-likeness (QED) is 0.299. The van der Waals surface area contributed by atoms with E-state index in [-0.39, 0.29) is 25.2 Å². The van der Waals surface area contributed by atoms with Gasteiger partial charge in [0.1, 0.15) is 17.4 Å². The molecule has 0 saturated heterocycles. The molecule has 0 unspecified atom stereocenters. The maximum absolute atomic E-state index is 12.3. The highest BCUT2D eigenvalue weighted by Gasteiger charge is 2.13. The van der Waals surface area contributed by atoms with Gasteiger partial charge < -0.3 is 18.9 Å². The molecule has 0 spiro atoms. The zero-order chi connectivity index (χ0) is 22.9. The molecule has 3 aromatic rings. The third kappa shape index (κ3) is 6.07. The Hall–Kier alpha value is -3.39. The second kappa shape index (κ2) is 11.3. The summed E-state index contributed by atoms with van der Waals surface area (Å²) in [5, 5.41) is 2.62. The monoisotopic (exact) mass is 455 g/mol. The molecule has 0 saturated carbocycles. The van der Waals surface area contributed by atoms with Crippen molar-refractivity contribution < 1.29 is 28.5 Å². The summed E-state index contributed by atoms with van der Waals surface area (Å²) in [6.07, 6.45) is 0.0967. The Kier molecular flexibility index (Phi) is 8.21. The van der Waals surface area contributed by atoms with Crippen LogP contribution < -0.4 is 14.2 Å². The highest BCUT2D eigenvalue weighted by molar-refractivity contribution is 7.13. The van der Waals surface area contributed by atoms with Crippen molar-refractivity contribution in [1.29, 1.82) is 0 Å². The lowest BCUT2D eigenvalue weighted by Crippen LogP contribution is -2.08. The minimum atomic E-state index is -0.440. The summed E-state index contributed by atoms with van der Waals surface area (Å²) in [6, 6.07) is 12.4. The Balaban J connectivity index is 1.49. The number of benzene rings is 2. The van der Waals surface area contributed by atoms with E-state index in [4.69, 9.17) is 18.9 Å². The molecule has 168 valence electrons. The highest BCUT2D eigenvalue weighted by atomic mass is 32.1. The third-order valence-electron chi connectivity index (χ3n) is 4.61. The maximum atomic E-state index is 12.3. The number of carbonyl (C=O) groups is 2. The predicted octanol–water partition coefficient (Wildman–Crippen LogP) is 4.93. The molecule has 2 aromatic carbocycles. The predicted molar refractivity (Wildman–Crippen MR) is 122 cm³/mol. The molecule has 0 aliphatic heterocycles. The van der Waals surface area contributed by atoms with Gasteiger partial charge >= 0.3 is 5.97 Å². The maximum Gasteiger partial charge on any atom is 0.306 e. The van der Waals surface area contributed by atoms with Crippen LogP contribution in [0.4, 0.5) is 0 Å². The first-order valence-electron chi connectivity index (χ1n) is 10.1. The first kappa shape index (κ1) is 23.3. The van der Waals surface area contributed by atoms with Crippen LogP contribution in [-0.2, 0) is 16.1 Å². The van der Waals surface area contributed by atoms with Crippen molar-refractivity contribution in [3.63, 3.8) is 0 Å². The SMILES string of the molecule is CCOc1ccc(C(=O)CCC(=O)OCc2csc(-c3ccc(OC)c(OC)c3)n2)cc1. The van der Waals surface area contributed by atoms with E-state index in [1.807, 2.05) is 30.5 Å². The third-order valence-corrected chi connectivity index (χ3v) is 5.55. The molecule has 0 aliphatic carbocycles. The first-order valence-corrected chi connectivity index (χ1v) is 11.0. The van der Waals surface area contributed by atoms with Gasteiger partial charge in [-0.1, -0.05) is 0 Å². The first-order chi connectivity index (χ1) is 15.5. The van der Waals surface area contributed by atoms with Crippen LogP contribution in [0, 0.1) is 0 Å². The fourth-order valence-electron chi connectivity index (χ4n) is 2.97. The van der Waals surface area contributed by atoms with E-state index in [0.29, 0.717) is 35.1 Å². The number of ether oxygens (including phenoxy) is 4. The molecule has 0 amide bonds. The van der Waals surface area contributed by atoms with Crippen LogP contribution in [0.25, 0.3) is 10.6 Å². The van der Waals surface area contributed by atoms with Crippen molar-refractivity contribution in [2.45, 2.75) is 26.4 Å². The van der Waals surface area contributed by atoms with Crippen LogP contribution in [0.2, 0.25) is 0 Å². The van der Waals surface area contributed by atoms with Gasteiger partial charge in [0.05, 0.1) is 32.9 Å². The Bertz CT molecular complexity index is 1060. The lowest BCUT2D eigenvalue weighted by Gasteiger charge is -2.08. The topological polar surface area (TPSA) is 84.0 Å². The van der Waals surface area contributed by atoms with Crippen LogP contribution in [0.1, 0.15) is 35.8 Å². The number of methoxy groups -OCH3 is 2. The average Bonchev–Trinajstić information content (AvgIpc) is 3.30. The van der Waals surface area contributed by atoms with Crippen LogP contribution in [0.3, 0.4) is 0 Å². The second-order valence-electron chi connectivity index (χ2n) is 6.76. The number of rotatable bonds is 11. The van der Waals surface area contributed by atoms with Gasteiger partial charge in [-0.2, -0.15) is 0 Å². The fraction of sp³-hybridized carbons (Fsp3) is 0.292. The minimum Gasteiger partial charge on any atom is -0.494 e. The summed E-state index contributed by atoms with van der Waals surface area (Å²) < 4.78 is 21.2. The Morgan fingerprint density at radius 1 is 0.969 bits per heavy atom. The highest BCUT2D eigenvalue weighted by Crippen LogP contribution is 2.33. The molecular formula is C24H25NO6S. The van der Waals surface area contributed by atoms with Gasteiger partial charge in [-0.05, 0) is 49.4 Å². The summed E-state index contributed by atoms with van der Waals surface area (Å²) >= 11 is 1.44. The molecule has 0 atom stereocenters. The molecule has 8 heteroatoms. The van der Waals surface area contributed by atoms with Gasteiger partial charge in [0.25, 0.3) is 0 Å². The lowest BCUT2D eigenvalue weighted by molar-refractivity contribution is -0.145. The lowest BCUT2D eigenvalue weighted by atomic mass is 10.1. The number of esters is 1. The zero-order valence-electron chi connectivity index (χ0n) is 18.3. The number of Topliss-reactive ketones (excluding diaryl/α,β-unsaturated/α-hetero) is 1. The average molecular weight is 456 g/mol. The normalized spacial score (nSPS) is 10.5. The summed E-state index contributed by atoms with van der Waals surface area (Å²) in [7, 11) is 3.16. The molecule has 0 radical (unpaired) electrons. The van der Waals surface area contributed by atoms with Gasteiger partial charge in [-0.15, -0.1) is 11.3 Å². The fourth-order valence-corrected chi connectivity index (χ4v) is 3.77. The Morgan fingerprint density at radius 2 is 1.72 bits per heavy atom. The number of hydrogen-bond acceptors (Lipinski definition) is 8. The van der Waals surface area contributed by atoms with Crippen LogP contribution in [0.5, 0.6) is 17.2 Å². The second-order valence-corrected chi connectivity index (χ2v) is 7.61. The minimum absolute atomic E-state index is 0.0126. The van der Waals surface area contributed by atoms with Gasteiger partial charge in [0, 0.05) is 22.9 Å². The van der Waals surface area contributed by atoms with Crippen LogP contribution >= 0.6 is 11.3 Å². The van der Waals surface area contributed by atoms with Crippen molar-refractivity contribution in [1.82, 2.24) is 4.98 Å². The smallest absolute Gasteiger partial charge is 0.306 e.